The van der Waals surface area contributed by atoms with Gasteiger partial charge in [-0.1, -0.05) is 79.4 Å². The van der Waals surface area contributed by atoms with E-state index < -0.39 is 46.9 Å². The van der Waals surface area contributed by atoms with Crippen LogP contribution in [0.2, 0.25) is 0 Å². The molecule has 244 valence electrons. The number of rotatable bonds is 13. The fourth-order valence-electron chi connectivity index (χ4n) is 6.65. The first-order chi connectivity index (χ1) is 22.4. The molecule has 3 aliphatic rings. The molecular weight excluding hydrogens is 602 g/mol. The van der Waals surface area contributed by atoms with Crippen LogP contribution in [-0.4, -0.2) is 55.3 Å². The summed E-state index contributed by atoms with van der Waals surface area (Å²) in [6.45, 7) is 11.4. The molecule has 0 aliphatic heterocycles. The number of carbonyl (C=O) groups excluding carboxylic acids is 3. The number of nitrogens with one attached hydrogen (secondary N) is 1. The zero-order valence-corrected chi connectivity index (χ0v) is 26.5. The summed E-state index contributed by atoms with van der Waals surface area (Å²) >= 11 is 0. The Bertz CT molecular complexity index is 1750. The Morgan fingerprint density at radius 3 is 1.70 bits per heavy atom. The quantitative estimate of drug-likeness (QED) is 0.150. The van der Waals surface area contributed by atoms with Crippen molar-refractivity contribution in [3.63, 3.8) is 0 Å². The third kappa shape index (κ3) is 5.86. The van der Waals surface area contributed by atoms with Crippen LogP contribution in [-0.2, 0) is 49.3 Å². The molecule has 0 spiro atoms. The number of para-hydroxylation sites is 1. The second-order valence-electron chi connectivity index (χ2n) is 11.7. The van der Waals surface area contributed by atoms with Crippen molar-refractivity contribution < 1.29 is 43.2 Å². The molecule has 4 atom stereocenters. The highest BCUT2D eigenvalue weighted by molar-refractivity contribution is 5.99. The molecule has 0 saturated carbocycles. The molecule has 2 bridgehead atoms. The number of carbonyl (C=O) groups is 4. The highest BCUT2D eigenvalue weighted by Gasteiger charge is 2.71. The van der Waals surface area contributed by atoms with Crippen LogP contribution in [0.1, 0.15) is 41.7 Å². The molecule has 10 nitrogen and oxygen atoms in total. The van der Waals surface area contributed by atoms with Crippen LogP contribution in [0.25, 0.3) is 0 Å². The smallest absolute Gasteiger partial charge is 0.333 e. The van der Waals surface area contributed by atoms with E-state index in [4.69, 9.17) is 18.9 Å². The Morgan fingerprint density at radius 2 is 1.19 bits per heavy atom. The maximum absolute atomic E-state index is 14.5. The number of fused-ring (bicyclic) bond motifs is 1. The lowest BCUT2D eigenvalue weighted by molar-refractivity contribution is -0.200. The van der Waals surface area contributed by atoms with Gasteiger partial charge in [0.2, 0.25) is 5.91 Å². The van der Waals surface area contributed by atoms with Gasteiger partial charge in [0.1, 0.15) is 30.3 Å². The molecule has 0 aromatic heterocycles. The fourth-order valence-corrected chi connectivity index (χ4v) is 6.65. The Hall–Kier alpha value is -5.06. The van der Waals surface area contributed by atoms with Gasteiger partial charge in [0, 0.05) is 16.8 Å². The summed E-state index contributed by atoms with van der Waals surface area (Å²) in [5, 5.41) is 14.0. The average Bonchev–Trinajstić information content (AvgIpc) is 3.05. The van der Waals surface area contributed by atoms with E-state index in [9.17, 15) is 24.3 Å². The largest absolute Gasteiger partial charge is 0.481 e. The number of hydrogen-bond acceptors (Lipinski definition) is 8. The highest BCUT2D eigenvalue weighted by atomic mass is 16.6. The molecule has 47 heavy (non-hydrogen) atoms. The monoisotopic (exact) mass is 639 g/mol. The number of benzene rings is 3. The van der Waals surface area contributed by atoms with Crippen molar-refractivity contribution in [1.29, 1.82) is 0 Å². The van der Waals surface area contributed by atoms with Gasteiger partial charge >= 0.3 is 17.9 Å². The van der Waals surface area contributed by atoms with Gasteiger partial charge in [0.25, 0.3) is 0 Å². The zero-order valence-electron chi connectivity index (χ0n) is 26.5. The van der Waals surface area contributed by atoms with E-state index in [1.54, 1.807) is 54.6 Å². The molecule has 0 saturated heterocycles. The van der Waals surface area contributed by atoms with E-state index in [1.165, 1.54) is 13.8 Å². The van der Waals surface area contributed by atoms with Crippen molar-refractivity contribution in [1.82, 2.24) is 0 Å². The summed E-state index contributed by atoms with van der Waals surface area (Å²) in [5.41, 5.74) is 0.484. The Kier molecular flexibility index (Phi) is 9.46. The van der Waals surface area contributed by atoms with Gasteiger partial charge in [-0.3, -0.25) is 9.59 Å². The summed E-state index contributed by atoms with van der Waals surface area (Å²) in [5.74, 6) is -5.99. The molecule has 0 heterocycles. The summed E-state index contributed by atoms with van der Waals surface area (Å²) in [6, 6.07) is 21.3. The lowest BCUT2D eigenvalue weighted by Crippen LogP contribution is -2.67. The van der Waals surface area contributed by atoms with Gasteiger partial charge in [-0.05, 0) is 55.2 Å². The minimum absolute atomic E-state index is 0.160. The predicted molar refractivity (Wildman–Crippen MR) is 172 cm³/mol. The number of ether oxygens (including phenoxy) is 4. The number of carboxylic acids is 1. The maximum atomic E-state index is 14.5. The first kappa shape index (κ1) is 33.3. The van der Waals surface area contributed by atoms with Crippen LogP contribution >= 0.6 is 0 Å². The van der Waals surface area contributed by atoms with Crippen molar-refractivity contribution in [2.24, 2.45) is 11.8 Å². The first-order valence-corrected chi connectivity index (χ1v) is 15.2. The van der Waals surface area contributed by atoms with Gasteiger partial charge in [-0.25, -0.2) is 9.59 Å². The molecule has 10 heteroatoms. The molecule has 0 fully saturated rings. The van der Waals surface area contributed by atoms with Crippen LogP contribution in [0.3, 0.4) is 0 Å². The van der Waals surface area contributed by atoms with Crippen LogP contribution in [0.4, 0.5) is 5.69 Å². The van der Waals surface area contributed by atoms with Crippen molar-refractivity contribution in [3.8, 4) is 0 Å². The van der Waals surface area contributed by atoms with Crippen molar-refractivity contribution in [3.05, 3.63) is 125 Å². The van der Waals surface area contributed by atoms with E-state index >= 15 is 0 Å². The summed E-state index contributed by atoms with van der Waals surface area (Å²) in [7, 11) is 0. The third-order valence-electron chi connectivity index (χ3n) is 8.49. The molecular formula is C37H37NO9. The minimum Gasteiger partial charge on any atom is -0.481 e. The molecule has 0 radical (unpaired) electrons. The SMILES string of the molecule is C=C(C)C(=O)OCCOC12c3ccccc3C(OCCOC(=O)C(=C)C)(c3ccc(C)cc31)C(C(=O)Nc1ccccc1)C2C(=O)O. The second kappa shape index (κ2) is 13.4. The third-order valence-corrected chi connectivity index (χ3v) is 8.49. The minimum atomic E-state index is -1.68. The number of aryl methyl sites for hydroxylation is 1. The maximum Gasteiger partial charge on any atom is 0.333 e. The summed E-state index contributed by atoms with van der Waals surface area (Å²) in [6.07, 6.45) is 0. The van der Waals surface area contributed by atoms with Crippen molar-refractivity contribution in [2.45, 2.75) is 32.0 Å². The normalized spacial score (nSPS) is 21.9. The van der Waals surface area contributed by atoms with Gasteiger partial charge in [-0.15, -0.1) is 0 Å². The number of carboxylic acid groups (broad SMARTS) is 1. The Labute approximate surface area is 273 Å². The van der Waals surface area contributed by atoms with Crippen molar-refractivity contribution >= 4 is 29.5 Å². The summed E-state index contributed by atoms with van der Waals surface area (Å²) in [4.78, 5) is 52.5. The fraction of sp³-hybridized carbons (Fsp3) is 0.297. The topological polar surface area (TPSA) is 137 Å². The van der Waals surface area contributed by atoms with Gasteiger partial charge in [0.05, 0.1) is 19.1 Å². The highest BCUT2D eigenvalue weighted by Crippen LogP contribution is 2.65. The number of amides is 1. The van der Waals surface area contributed by atoms with E-state index in [-0.39, 0.29) is 37.6 Å². The van der Waals surface area contributed by atoms with Crippen LogP contribution in [0, 0.1) is 18.8 Å². The number of aliphatic carboxylic acids is 1. The van der Waals surface area contributed by atoms with E-state index in [0.29, 0.717) is 27.9 Å². The van der Waals surface area contributed by atoms with Gasteiger partial charge in [0.15, 0.2) is 0 Å². The number of anilines is 1. The van der Waals surface area contributed by atoms with Crippen LogP contribution < -0.4 is 5.32 Å². The van der Waals surface area contributed by atoms with Crippen molar-refractivity contribution in [2.75, 3.05) is 31.7 Å². The molecule has 3 aromatic rings. The van der Waals surface area contributed by atoms with E-state index in [2.05, 4.69) is 18.5 Å². The zero-order chi connectivity index (χ0) is 33.9. The average molecular weight is 640 g/mol. The molecule has 4 unspecified atom stereocenters. The van der Waals surface area contributed by atoms with Gasteiger partial charge < -0.3 is 29.4 Å². The Morgan fingerprint density at radius 1 is 0.702 bits per heavy atom. The standard InChI is InChI=1S/C37H37NO9/c1-22(2)34(42)44-17-19-46-36-26-13-9-10-14-27(26)37(29-21-24(5)15-16-28(29)36,47-20-18-45-35(43)23(3)4)31(33(40)41)30(36)32(39)38-25-11-7-6-8-12-25/h6-16,21,30-31H,1,3,17-20H2,2,4-5H3,(H,38,39)(H,40,41). The number of hydrogen-bond donors (Lipinski definition) is 2. The van der Waals surface area contributed by atoms with Crippen LogP contribution in [0.5, 0.6) is 0 Å². The lowest BCUT2D eigenvalue weighted by Gasteiger charge is -2.60. The van der Waals surface area contributed by atoms with E-state index in [1.807, 2.05) is 25.1 Å². The molecule has 3 aromatic carbocycles. The summed E-state index contributed by atoms with van der Waals surface area (Å²) < 4.78 is 24.0. The molecule has 3 aliphatic carbocycles. The molecule has 1 amide bonds. The second-order valence-corrected chi connectivity index (χ2v) is 11.7. The number of esters is 2. The van der Waals surface area contributed by atoms with Crippen LogP contribution in [0.15, 0.2) is 97.1 Å². The van der Waals surface area contributed by atoms with Gasteiger partial charge in [-0.2, -0.15) is 0 Å². The molecule has 6 rings (SSSR count). The first-order valence-electron chi connectivity index (χ1n) is 15.2. The lowest BCUT2D eigenvalue weighted by atomic mass is 9.49. The van der Waals surface area contributed by atoms with E-state index in [0.717, 1.165) is 5.56 Å². The Balaban J connectivity index is 1.71. The molecule has 2 N–H and O–H groups in total. The predicted octanol–water partition coefficient (Wildman–Crippen LogP) is 5.04.